The van der Waals surface area contributed by atoms with Gasteiger partial charge in [0.25, 0.3) is 0 Å². The molecule has 20 heavy (non-hydrogen) atoms. The van der Waals surface area contributed by atoms with Crippen molar-refractivity contribution in [2.24, 2.45) is 0 Å². The number of hydrogen-bond acceptors (Lipinski definition) is 3. The first-order valence-electron chi connectivity index (χ1n) is 5.91. The van der Waals surface area contributed by atoms with E-state index in [-0.39, 0.29) is 5.75 Å². The van der Waals surface area contributed by atoms with Crippen molar-refractivity contribution in [3.8, 4) is 11.8 Å². The van der Waals surface area contributed by atoms with Gasteiger partial charge in [0.05, 0.1) is 11.3 Å². The van der Waals surface area contributed by atoms with Crippen molar-refractivity contribution in [1.82, 2.24) is 0 Å². The van der Waals surface area contributed by atoms with E-state index >= 15 is 0 Å². The summed E-state index contributed by atoms with van der Waals surface area (Å²) in [6.45, 7) is -0.915. The summed E-state index contributed by atoms with van der Waals surface area (Å²) in [6, 6.07) is 13.6. The van der Waals surface area contributed by atoms with Crippen LogP contribution in [0.1, 0.15) is 11.1 Å². The molecule has 0 bridgehead atoms. The van der Waals surface area contributed by atoms with E-state index in [4.69, 9.17) is 5.26 Å². The van der Waals surface area contributed by atoms with E-state index < -0.39 is 6.61 Å². The van der Waals surface area contributed by atoms with Crippen LogP contribution in [0.15, 0.2) is 42.5 Å². The molecular formula is C15H12F2N2O. The molecule has 102 valence electrons. The highest BCUT2D eigenvalue weighted by Gasteiger charge is 2.05. The Kier molecular flexibility index (Phi) is 4.16. The third-order valence-corrected chi connectivity index (χ3v) is 2.65. The number of nitrogens with one attached hydrogen (secondary N) is 1. The van der Waals surface area contributed by atoms with Gasteiger partial charge in [-0.1, -0.05) is 6.07 Å². The molecule has 0 heterocycles. The van der Waals surface area contributed by atoms with Gasteiger partial charge in [-0.25, -0.2) is 0 Å². The first kappa shape index (κ1) is 13.8. The Hall–Kier alpha value is -2.61. The number of alkyl halides is 2. The molecule has 2 aromatic rings. The number of ether oxygens (including phenoxy) is 1. The van der Waals surface area contributed by atoms with Crippen LogP contribution in [-0.4, -0.2) is 6.61 Å². The van der Waals surface area contributed by atoms with Gasteiger partial charge in [0.2, 0.25) is 0 Å². The lowest BCUT2D eigenvalue weighted by molar-refractivity contribution is -0.0498. The number of hydrogen-bond donors (Lipinski definition) is 1. The van der Waals surface area contributed by atoms with Gasteiger partial charge in [-0.15, -0.1) is 0 Å². The zero-order valence-electron chi connectivity index (χ0n) is 10.7. The number of nitrogens with zero attached hydrogens (tertiary/aromatic N) is 1. The van der Waals surface area contributed by atoms with Crippen molar-refractivity contribution in [1.29, 1.82) is 5.26 Å². The first-order valence-corrected chi connectivity index (χ1v) is 5.91. The Morgan fingerprint density at radius 1 is 1.15 bits per heavy atom. The standard InChI is InChI=1S/C15H12F2N2O/c1-10-2-3-11(9-18)14(8-10)19-12-4-6-13(7-5-12)20-15(16)17/h2-8,15,19H,1H3. The zero-order valence-corrected chi connectivity index (χ0v) is 10.7. The topological polar surface area (TPSA) is 45.0 Å². The molecule has 0 amide bonds. The minimum Gasteiger partial charge on any atom is -0.435 e. The lowest BCUT2D eigenvalue weighted by Crippen LogP contribution is -2.01. The van der Waals surface area contributed by atoms with E-state index in [1.54, 1.807) is 18.2 Å². The normalized spacial score (nSPS) is 10.2. The fraction of sp³-hybridized carbons (Fsp3) is 0.133. The number of benzene rings is 2. The zero-order chi connectivity index (χ0) is 14.5. The number of aryl methyl sites for hydroxylation is 1. The van der Waals surface area contributed by atoms with Crippen molar-refractivity contribution in [3.63, 3.8) is 0 Å². The van der Waals surface area contributed by atoms with E-state index in [0.717, 1.165) is 5.56 Å². The molecule has 0 radical (unpaired) electrons. The summed E-state index contributed by atoms with van der Waals surface area (Å²) < 4.78 is 28.3. The number of halogens is 2. The minimum absolute atomic E-state index is 0.0929. The molecule has 5 heteroatoms. The molecule has 0 spiro atoms. The Balaban J connectivity index is 2.18. The molecule has 0 aliphatic heterocycles. The van der Waals surface area contributed by atoms with Crippen LogP contribution < -0.4 is 10.1 Å². The average molecular weight is 274 g/mol. The van der Waals surface area contributed by atoms with Crippen LogP contribution in [0.5, 0.6) is 5.75 Å². The highest BCUT2D eigenvalue weighted by molar-refractivity contribution is 5.67. The van der Waals surface area contributed by atoms with Gasteiger partial charge in [-0.3, -0.25) is 0 Å². The lowest BCUT2D eigenvalue weighted by atomic mass is 10.1. The number of rotatable bonds is 4. The molecule has 3 nitrogen and oxygen atoms in total. The number of anilines is 2. The van der Waals surface area contributed by atoms with Gasteiger partial charge < -0.3 is 10.1 Å². The number of nitriles is 1. The van der Waals surface area contributed by atoms with E-state index in [9.17, 15) is 8.78 Å². The van der Waals surface area contributed by atoms with Crippen LogP contribution in [0, 0.1) is 18.3 Å². The van der Waals surface area contributed by atoms with Gasteiger partial charge in [0, 0.05) is 5.69 Å². The SMILES string of the molecule is Cc1ccc(C#N)c(Nc2ccc(OC(F)F)cc2)c1. The summed E-state index contributed by atoms with van der Waals surface area (Å²) >= 11 is 0. The largest absolute Gasteiger partial charge is 0.435 e. The molecule has 1 N–H and O–H groups in total. The monoisotopic (exact) mass is 274 g/mol. The smallest absolute Gasteiger partial charge is 0.387 e. The molecule has 0 unspecified atom stereocenters. The second kappa shape index (κ2) is 6.02. The van der Waals surface area contributed by atoms with Crippen molar-refractivity contribution in [2.75, 3.05) is 5.32 Å². The van der Waals surface area contributed by atoms with Crippen LogP contribution in [0.3, 0.4) is 0 Å². The predicted octanol–water partition coefficient (Wildman–Crippen LogP) is 4.21. The molecule has 0 aliphatic carbocycles. The second-order valence-electron chi connectivity index (χ2n) is 4.19. The maximum Gasteiger partial charge on any atom is 0.387 e. The van der Waals surface area contributed by atoms with E-state index in [1.165, 1.54) is 12.1 Å². The van der Waals surface area contributed by atoms with Crippen LogP contribution >= 0.6 is 0 Å². The van der Waals surface area contributed by atoms with Gasteiger partial charge >= 0.3 is 6.61 Å². The molecule has 0 aliphatic rings. The van der Waals surface area contributed by atoms with Crippen LogP contribution in [0.2, 0.25) is 0 Å². The first-order chi connectivity index (χ1) is 9.58. The van der Waals surface area contributed by atoms with Gasteiger partial charge in [-0.2, -0.15) is 14.0 Å². The van der Waals surface area contributed by atoms with Gasteiger partial charge in [0.1, 0.15) is 11.8 Å². The summed E-state index contributed by atoms with van der Waals surface area (Å²) in [7, 11) is 0. The van der Waals surface area contributed by atoms with Crippen LogP contribution in [0.4, 0.5) is 20.2 Å². The van der Waals surface area contributed by atoms with Crippen molar-refractivity contribution in [2.45, 2.75) is 13.5 Å². The summed E-state index contributed by atoms with van der Waals surface area (Å²) in [6.07, 6.45) is 0. The fourth-order valence-electron chi connectivity index (χ4n) is 1.73. The maximum absolute atomic E-state index is 12.0. The van der Waals surface area contributed by atoms with Crippen LogP contribution in [-0.2, 0) is 0 Å². The molecule has 2 aromatic carbocycles. The second-order valence-corrected chi connectivity index (χ2v) is 4.19. The van der Waals surface area contributed by atoms with Crippen molar-refractivity contribution < 1.29 is 13.5 Å². The molecule has 0 saturated carbocycles. The predicted molar refractivity (Wildman–Crippen MR) is 72.3 cm³/mol. The third-order valence-electron chi connectivity index (χ3n) is 2.65. The molecule has 2 rings (SSSR count). The maximum atomic E-state index is 12.0. The summed E-state index contributed by atoms with van der Waals surface area (Å²) in [5.74, 6) is 0.0929. The van der Waals surface area contributed by atoms with E-state index in [0.29, 0.717) is 16.9 Å². The molecule has 0 atom stereocenters. The van der Waals surface area contributed by atoms with Crippen molar-refractivity contribution >= 4 is 11.4 Å². The highest BCUT2D eigenvalue weighted by Crippen LogP contribution is 2.24. The van der Waals surface area contributed by atoms with Crippen LogP contribution in [0.25, 0.3) is 0 Å². The fourth-order valence-corrected chi connectivity index (χ4v) is 1.73. The molecule has 0 aromatic heterocycles. The van der Waals surface area contributed by atoms with E-state index in [2.05, 4.69) is 16.1 Å². The van der Waals surface area contributed by atoms with Gasteiger partial charge in [0.15, 0.2) is 0 Å². The lowest BCUT2D eigenvalue weighted by Gasteiger charge is -2.10. The molecule has 0 fully saturated rings. The minimum atomic E-state index is -2.84. The van der Waals surface area contributed by atoms with Gasteiger partial charge in [-0.05, 0) is 48.9 Å². The highest BCUT2D eigenvalue weighted by atomic mass is 19.3. The summed E-state index contributed by atoms with van der Waals surface area (Å²) in [5.41, 5.74) is 2.90. The molecule has 0 saturated heterocycles. The Bertz CT molecular complexity index is 633. The molecular weight excluding hydrogens is 262 g/mol. The average Bonchev–Trinajstić information content (AvgIpc) is 2.41. The Labute approximate surface area is 115 Å². The third kappa shape index (κ3) is 3.45. The summed E-state index contributed by atoms with van der Waals surface area (Å²) in [5, 5.41) is 12.1. The van der Waals surface area contributed by atoms with E-state index in [1.807, 2.05) is 19.1 Å². The Morgan fingerprint density at radius 2 is 1.85 bits per heavy atom. The van der Waals surface area contributed by atoms with Crippen molar-refractivity contribution in [3.05, 3.63) is 53.6 Å². The Morgan fingerprint density at radius 3 is 2.45 bits per heavy atom. The summed E-state index contributed by atoms with van der Waals surface area (Å²) in [4.78, 5) is 0. The quantitative estimate of drug-likeness (QED) is 0.908.